The molecule has 70 heavy (non-hydrogen) atoms. The van der Waals surface area contributed by atoms with Gasteiger partial charge in [0.25, 0.3) is 5.91 Å². The number of aromatic nitrogens is 2. The number of piperazine rings is 1. The molecule has 4 N–H and O–H groups in total. The Balaban J connectivity index is 0.638. The average molecular weight is 951 g/mol. The van der Waals surface area contributed by atoms with E-state index in [0.717, 1.165) is 92.4 Å². The molecule has 7 aliphatic rings. The number of nitrogens with zero attached hydrogens (tertiary/aromatic N) is 6. The van der Waals surface area contributed by atoms with Crippen LogP contribution in [0.5, 0.6) is 17.2 Å². The minimum Gasteiger partial charge on any atom is -0.495 e. The number of benzene rings is 3. The molecule has 6 aliphatic heterocycles. The number of rotatable bonds is 15. The van der Waals surface area contributed by atoms with E-state index in [1.54, 1.807) is 48.7 Å². The highest BCUT2D eigenvalue weighted by atomic mass is 19.1. The zero-order valence-corrected chi connectivity index (χ0v) is 38.9. The zero-order chi connectivity index (χ0) is 48.1. The highest BCUT2D eigenvalue weighted by Crippen LogP contribution is 2.48. The summed E-state index contributed by atoms with van der Waals surface area (Å²) in [5.74, 6) is 1.12. The number of methoxy groups -OCH3 is 1. The lowest BCUT2D eigenvalue weighted by atomic mass is 9.86. The number of hydrogen-bond acceptors (Lipinski definition) is 13. The van der Waals surface area contributed by atoms with Gasteiger partial charge in [-0.05, 0) is 123 Å². The van der Waals surface area contributed by atoms with Crippen molar-refractivity contribution < 1.29 is 37.8 Å². The van der Waals surface area contributed by atoms with Gasteiger partial charge < -0.3 is 35.2 Å². The molecule has 3 unspecified atom stereocenters. The van der Waals surface area contributed by atoms with Crippen LogP contribution in [0, 0.1) is 17.2 Å². The smallest absolute Gasteiger partial charge is 0.256 e. The number of anilines is 4. The van der Waals surface area contributed by atoms with Gasteiger partial charge in [0.1, 0.15) is 40.3 Å². The molecule has 3 atom stereocenters. The van der Waals surface area contributed by atoms with Gasteiger partial charge in [-0.2, -0.15) is 0 Å². The third-order valence-corrected chi connectivity index (χ3v) is 15.0. The second-order valence-corrected chi connectivity index (χ2v) is 19.5. The SMILES string of the molecule is COc1cc2c(Oc3ccc(NC(=O)C4(C(=O)Nc5ccc(F)cc5)CC4)cc3)ccnc2cc1N1CCC(CN2CC3CC(C2)N3CCNc2cc3c(cn2)C(=O)N(C2CCC(=O)NC2=O)C3)CC1. The Morgan fingerprint density at radius 3 is 2.27 bits per heavy atom. The number of hydrogen-bond donors (Lipinski definition) is 4. The molecule has 1 aliphatic carbocycles. The number of ether oxygens (including phenoxy) is 2. The van der Waals surface area contributed by atoms with Crippen molar-refractivity contribution in [2.45, 2.75) is 69.6 Å². The fraction of sp³-hybridized carbons (Fsp3) is 0.404. The van der Waals surface area contributed by atoms with Gasteiger partial charge in [0, 0.05) is 100 Å². The van der Waals surface area contributed by atoms with E-state index in [1.807, 2.05) is 18.2 Å². The largest absolute Gasteiger partial charge is 0.495 e. The average Bonchev–Trinajstić information content (AvgIpc) is 4.13. The summed E-state index contributed by atoms with van der Waals surface area (Å²) in [4.78, 5) is 81.8. The molecule has 1 saturated carbocycles. The summed E-state index contributed by atoms with van der Waals surface area (Å²) in [6, 6.07) is 20.7. The summed E-state index contributed by atoms with van der Waals surface area (Å²) in [7, 11) is 1.69. The number of piperidine rings is 3. The van der Waals surface area contributed by atoms with Crippen LogP contribution in [-0.2, 0) is 25.7 Å². The van der Waals surface area contributed by atoms with E-state index in [4.69, 9.17) is 14.5 Å². The van der Waals surface area contributed by atoms with Crippen molar-refractivity contribution >= 4 is 63.3 Å². The molecule has 8 heterocycles. The van der Waals surface area contributed by atoms with E-state index < -0.39 is 35.0 Å². The van der Waals surface area contributed by atoms with E-state index in [-0.39, 0.29) is 18.2 Å². The van der Waals surface area contributed by atoms with Crippen LogP contribution in [0.3, 0.4) is 0 Å². The van der Waals surface area contributed by atoms with Gasteiger partial charge in [-0.25, -0.2) is 9.37 Å². The predicted octanol–water partition coefficient (Wildman–Crippen LogP) is 5.78. The zero-order valence-electron chi connectivity index (χ0n) is 38.9. The Morgan fingerprint density at radius 2 is 1.59 bits per heavy atom. The Bertz CT molecular complexity index is 2860. The topological polar surface area (TPSA) is 191 Å². The molecule has 18 heteroatoms. The summed E-state index contributed by atoms with van der Waals surface area (Å²) < 4.78 is 25.7. The molecular weight excluding hydrogens is 896 g/mol. The molecule has 0 radical (unpaired) electrons. The highest BCUT2D eigenvalue weighted by molar-refractivity contribution is 6.17. The summed E-state index contributed by atoms with van der Waals surface area (Å²) in [5, 5.41) is 12.2. The number of nitrogens with one attached hydrogen (secondary N) is 4. The molecule has 12 rings (SSSR count). The first-order valence-corrected chi connectivity index (χ1v) is 24.2. The predicted molar refractivity (Wildman–Crippen MR) is 259 cm³/mol. The third-order valence-electron chi connectivity index (χ3n) is 15.0. The second kappa shape index (κ2) is 18.6. The van der Waals surface area contributed by atoms with Crippen LogP contribution in [0.1, 0.15) is 60.9 Å². The van der Waals surface area contributed by atoms with Crippen molar-refractivity contribution in [2.24, 2.45) is 11.3 Å². The summed E-state index contributed by atoms with van der Waals surface area (Å²) >= 11 is 0. The molecule has 2 aromatic heterocycles. The number of halogens is 1. The Kier molecular flexibility index (Phi) is 12.0. The number of pyridine rings is 2. The van der Waals surface area contributed by atoms with E-state index in [9.17, 15) is 28.4 Å². The van der Waals surface area contributed by atoms with Crippen LogP contribution in [0.15, 0.2) is 85.2 Å². The van der Waals surface area contributed by atoms with E-state index >= 15 is 0 Å². The van der Waals surface area contributed by atoms with E-state index in [0.29, 0.717) is 72.2 Å². The summed E-state index contributed by atoms with van der Waals surface area (Å²) in [6.07, 6.45) is 8.15. The highest BCUT2D eigenvalue weighted by Gasteiger charge is 2.56. The van der Waals surface area contributed by atoms with Gasteiger partial charge in [0.05, 0.1) is 23.9 Å². The van der Waals surface area contributed by atoms with Crippen LogP contribution in [-0.4, -0.2) is 125 Å². The molecule has 5 aromatic rings. The lowest BCUT2D eigenvalue weighted by molar-refractivity contribution is -0.137. The number of amides is 5. The Hall–Kier alpha value is -7.18. The fourth-order valence-corrected chi connectivity index (χ4v) is 11.0. The van der Waals surface area contributed by atoms with Crippen LogP contribution < -0.4 is 35.6 Å². The maximum absolute atomic E-state index is 13.3. The minimum atomic E-state index is -1.17. The first-order valence-electron chi connectivity index (χ1n) is 24.2. The molecule has 5 saturated heterocycles. The number of fused-ring (bicyclic) bond motifs is 4. The van der Waals surface area contributed by atoms with Gasteiger partial charge in [-0.3, -0.25) is 44.1 Å². The Morgan fingerprint density at radius 1 is 0.871 bits per heavy atom. The van der Waals surface area contributed by atoms with Gasteiger partial charge in [-0.15, -0.1) is 0 Å². The summed E-state index contributed by atoms with van der Waals surface area (Å²) in [5.41, 5.74) is 2.95. The van der Waals surface area contributed by atoms with Crippen molar-refractivity contribution in [1.82, 2.24) is 30.0 Å². The van der Waals surface area contributed by atoms with Crippen LogP contribution in [0.2, 0.25) is 0 Å². The lowest BCUT2D eigenvalue weighted by Gasteiger charge is -2.57. The molecule has 362 valence electrons. The molecule has 6 fully saturated rings. The van der Waals surface area contributed by atoms with Gasteiger partial charge in [-0.1, -0.05) is 0 Å². The molecule has 5 amide bonds. The number of carbonyl (C=O) groups excluding carboxylic acids is 5. The Labute approximate surface area is 404 Å². The van der Waals surface area contributed by atoms with Gasteiger partial charge in [0.15, 0.2) is 0 Å². The standard InChI is InChI=1S/C52H55FN10O7/c1-69-45-24-39-41(54-17-12-44(39)70-38-8-6-35(7-9-38)58-51(68)52(15-16-52)50(67)57-34-4-2-33(53)3-5-34)25-43(45)61-19-13-31(14-20-61)27-60-29-36-23-37(30-60)62(36)21-18-55-46-22-32-28-63(49(66)40(32)26-56-46)42-10-11-47(64)59-48(42)65/h2-9,12,17,22,24-26,31,36-37,42H,10-11,13-16,18-21,23,27-30H2,1H3,(H,55,56)(H,57,67)(H,58,68)(H,59,64,65). The van der Waals surface area contributed by atoms with Crippen LogP contribution in [0.4, 0.5) is 27.3 Å². The molecule has 0 spiro atoms. The number of carbonyl (C=O) groups is 5. The van der Waals surface area contributed by atoms with Crippen LogP contribution in [0.25, 0.3) is 10.9 Å². The monoisotopic (exact) mass is 950 g/mol. The van der Waals surface area contributed by atoms with E-state index in [1.165, 1.54) is 30.7 Å². The quantitative estimate of drug-likeness (QED) is 0.0732. The van der Waals surface area contributed by atoms with E-state index in [2.05, 4.69) is 47.0 Å². The molecule has 2 bridgehead atoms. The fourth-order valence-electron chi connectivity index (χ4n) is 11.0. The van der Waals surface area contributed by atoms with Crippen molar-refractivity contribution in [3.05, 3.63) is 102 Å². The maximum atomic E-state index is 13.3. The normalized spacial score (nSPS) is 22.0. The third kappa shape index (κ3) is 8.96. The van der Waals surface area contributed by atoms with Crippen molar-refractivity contribution in [3.8, 4) is 17.2 Å². The van der Waals surface area contributed by atoms with Crippen molar-refractivity contribution in [1.29, 1.82) is 0 Å². The van der Waals surface area contributed by atoms with Crippen molar-refractivity contribution in [3.63, 3.8) is 0 Å². The molecule has 3 aromatic carbocycles. The second-order valence-electron chi connectivity index (χ2n) is 19.5. The molecular formula is C52H55FN10O7. The van der Waals surface area contributed by atoms with Gasteiger partial charge in [0.2, 0.25) is 23.6 Å². The lowest BCUT2D eigenvalue weighted by Crippen LogP contribution is -2.69. The van der Waals surface area contributed by atoms with Crippen molar-refractivity contribution in [2.75, 3.05) is 73.8 Å². The van der Waals surface area contributed by atoms with Gasteiger partial charge >= 0.3 is 0 Å². The first-order chi connectivity index (χ1) is 34.0. The van der Waals surface area contributed by atoms with Crippen LogP contribution >= 0.6 is 0 Å². The summed E-state index contributed by atoms with van der Waals surface area (Å²) in [6.45, 7) is 7.08. The number of imide groups is 1. The minimum absolute atomic E-state index is 0.217. The maximum Gasteiger partial charge on any atom is 0.256 e. The molecule has 17 nitrogen and oxygen atoms in total. The first kappa shape index (κ1) is 45.3.